The molecular formula is C18H20BrN5O5S. The highest BCUT2D eigenvalue weighted by molar-refractivity contribution is 9.10. The second-order valence-electron chi connectivity index (χ2n) is 7.14. The van der Waals surface area contributed by atoms with E-state index in [0.717, 1.165) is 15.7 Å². The number of halogens is 1. The molecule has 4 rings (SSSR count). The van der Waals surface area contributed by atoms with Crippen LogP contribution in [0.4, 0.5) is 5.82 Å². The fourth-order valence-electron chi connectivity index (χ4n) is 3.57. The van der Waals surface area contributed by atoms with E-state index in [2.05, 4.69) is 35.5 Å². The van der Waals surface area contributed by atoms with Gasteiger partial charge in [0.1, 0.15) is 11.9 Å². The van der Waals surface area contributed by atoms with Crippen molar-refractivity contribution >= 4 is 37.7 Å². The molecule has 0 amide bonds. The summed E-state index contributed by atoms with van der Waals surface area (Å²) < 4.78 is 29.2. The van der Waals surface area contributed by atoms with Crippen LogP contribution in [0.15, 0.2) is 47.1 Å². The molecule has 2 heterocycles. The van der Waals surface area contributed by atoms with Crippen LogP contribution in [0.5, 0.6) is 0 Å². The van der Waals surface area contributed by atoms with Crippen molar-refractivity contribution in [1.82, 2.24) is 14.6 Å². The quantitative estimate of drug-likeness (QED) is 0.391. The van der Waals surface area contributed by atoms with E-state index in [1.807, 2.05) is 30.3 Å². The molecule has 1 saturated carbocycles. The van der Waals surface area contributed by atoms with E-state index in [1.165, 1.54) is 0 Å². The SMILES string of the molecule is NS(=O)(=O)OC[C@H]1C[C@@H](Nc2ccnc3cc(-c4ccc(Br)cc4)nn23)[C@H](O)[C@@H]1O. The lowest BCUT2D eigenvalue weighted by molar-refractivity contribution is 0.00777. The summed E-state index contributed by atoms with van der Waals surface area (Å²) in [5, 5.41) is 33.3. The molecule has 5 N–H and O–H groups in total. The number of aliphatic hydroxyl groups is 2. The summed E-state index contributed by atoms with van der Waals surface area (Å²) in [6, 6.07) is 10.7. The van der Waals surface area contributed by atoms with E-state index in [0.29, 0.717) is 11.5 Å². The van der Waals surface area contributed by atoms with Crippen molar-refractivity contribution in [3.63, 3.8) is 0 Å². The summed E-state index contributed by atoms with van der Waals surface area (Å²) in [5.41, 5.74) is 2.27. The van der Waals surface area contributed by atoms with Crippen LogP contribution in [0.1, 0.15) is 6.42 Å². The number of aromatic nitrogens is 3. The Morgan fingerprint density at radius 3 is 2.67 bits per heavy atom. The molecule has 1 aliphatic carbocycles. The van der Waals surface area contributed by atoms with Crippen LogP contribution in [0, 0.1) is 5.92 Å². The monoisotopic (exact) mass is 497 g/mol. The number of hydrogen-bond donors (Lipinski definition) is 4. The average Bonchev–Trinajstić information content (AvgIpc) is 3.24. The number of nitrogens with one attached hydrogen (secondary N) is 1. The van der Waals surface area contributed by atoms with Gasteiger partial charge in [0.25, 0.3) is 0 Å². The van der Waals surface area contributed by atoms with Gasteiger partial charge in [0, 0.05) is 28.2 Å². The zero-order valence-corrected chi connectivity index (χ0v) is 18.0. The lowest BCUT2D eigenvalue weighted by Crippen LogP contribution is -2.36. The molecule has 0 aliphatic heterocycles. The van der Waals surface area contributed by atoms with Gasteiger partial charge in [0.15, 0.2) is 5.65 Å². The third-order valence-corrected chi connectivity index (χ3v) is 6.07. The number of anilines is 1. The summed E-state index contributed by atoms with van der Waals surface area (Å²) in [7, 11) is -4.12. The summed E-state index contributed by atoms with van der Waals surface area (Å²) in [5.74, 6) is -0.0169. The van der Waals surface area contributed by atoms with Gasteiger partial charge in [0.05, 0.1) is 24.4 Å². The van der Waals surface area contributed by atoms with Gasteiger partial charge in [-0.05, 0) is 24.6 Å². The Hall–Kier alpha value is -2.09. The second-order valence-corrected chi connectivity index (χ2v) is 9.28. The Morgan fingerprint density at radius 2 is 1.97 bits per heavy atom. The molecule has 12 heteroatoms. The minimum Gasteiger partial charge on any atom is -0.390 e. The van der Waals surface area contributed by atoms with Gasteiger partial charge in [0.2, 0.25) is 0 Å². The fraction of sp³-hybridized carbons (Fsp3) is 0.333. The highest BCUT2D eigenvalue weighted by atomic mass is 79.9. The first-order chi connectivity index (χ1) is 14.2. The third-order valence-electron chi connectivity index (χ3n) is 5.08. The summed E-state index contributed by atoms with van der Waals surface area (Å²) in [6.45, 7) is -0.309. The van der Waals surface area contributed by atoms with E-state index in [9.17, 15) is 18.6 Å². The molecule has 30 heavy (non-hydrogen) atoms. The smallest absolute Gasteiger partial charge is 0.333 e. The number of rotatable bonds is 6. The highest BCUT2D eigenvalue weighted by Crippen LogP contribution is 2.30. The van der Waals surface area contributed by atoms with Crippen LogP contribution in [-0.2, 0) is 14.5 Å². The molecular weight excluding hydrogens is 478 g/mol. The molecule has 0 unspecified atom stereocenters. The molecule has 10 nitrogen and oxygen atoms in total. The minimum atomic E-state index is -4.12. The predicted octanol–water partition coefficient (Wildman–Crippen LogP) is 0.901. The topological polar surface area (TPSA) is 152 Å². The number of aliphatic hydroxyl groups excluding tert-OH is 2. The predicted molar refractivity (Wildman–Crippen MR) is 113 cm³/mol. The second kappa shape index (κ2) is 8.21. The molecule has 1 fully saturated rings. The van der Waals surface area contributed by atoms with Gasteiger partial charge in [-0.3, -0.25) is 4.18 Å². The van der Waals surface area contributed by atoms with Crippen LogP contribution in [-0.4, -0.2) is 58.1 Å². The van der Waals surface area contributed by atoms with E-state index >= 15 is 0 Å². The van der Waals surface area contributed by atoms with Crippen molar-refractivity contribution < 1.29 is 22.8 Å². The van der Waals surface area contributed by atoms with Crippen LogP contribution >= 0.6 is 15.9 Å². The van der Waals surface area contributed by atoms with Crippen molar-refractivity contribution in [2.24, 2.45) is 11.1 Å². The van der Waals surface area contributed by atoms with Crippen molar-refractivity contribution in [2.75, 3.05) is 11.9 Å². The molecule has 1 aliphatic rings. The lowest BCUT2D eigenvalue weighted by atomic mass is 10.1. The maximum Gasteiger partial charge on any atom is 0.333 e. The Labute approximate surface area is 181 Å². The zero-order chi connectivity index (χ0) is 21.5. The number of hydrogen-bond acceptors (Lipinski definition) is 8. The molecule has 0 radical (unpaired) electrons. The van der Waals surface area contributed by atoms with Gasteiger partial charge in [-0.1, -0.05) is 28.1 Å². The molecule has 3 aromatic rings. The molecule has 0 bridgehead atoms. The summed E-state index contributed by atoms with van der Waals surface area (Å²) in [6.07, 6.45) is -0.381. The molecule has 4 atom stereocenters. The Kier molecular flexibility index (Phi) is 5.79. The minimum absolute atomic E-state index is 0.280. The van der Waals surface area contributed by atoms with E-state index in [-0.39, 0.29) is 13.0 Å². The maximum atomic E-state index is 11.0. The van der Waals surface area contributed by atoms with Gasteiger partial charge < -0.3 is 15.5 Å². The Balaban J connectivity index is 1.55. The molecule has 0 spiro atoms. The number of nitrogens with zero attached hydrogens (tertiary/aromatic N) is 3. The average molecular weight is 498 g/mol. The Morgan fingerprint density at radius 1 is 1.23 bits per heavy atom. The normalized spacial score (nSPS) is 24.4. The largest absolute Gasteiger partial charge is 0.390 e. The molecule has 1 aromatic carbocycles. The lowest BCUT2D eigenvalue weighted by Gasteiger charge is -2.19. The van der Waals surface area contributed by atoms with Gasteiger partial charge in [-0.2, -0.15) is 18.0 Å². The number of benzene rings is 1. The van der Waals surface area contributed by atoms with Crippen LogP contribution in [0.3, 0.4) is 0 Å². The summed E-state index contributed by atoms with van der Waals surface area (Å²) >= 11 is 3.41. The van der Waals surface area contributed by atoms with Crippen LogP contribution < -0.4 is 10.5 Å². The van der Waals surface area contributed by atoms with Gasteiger partial charge >= 0.3 is 10.3 Å². The van der Waals surface area contributed by atoms with Crippen LogP contribution in [0.25, 0.3) is 16.9 Å². The standard InChI is InChI=1S/C18H20BrN5O5S/c19-12-3-1-10(2-4-12)13-8-16-21-6-5-15(24(16)23-13)22-14-7-11(17(25)18(14)26)9-29-30(20,27)28/h1-6,8,11,14,17-18,22,25-26H,7,9H2,(H2,20,27,28)/t11-,14-,17-,18+/m1/s1. The molecule has 0 saturated heterocycles. The van der Waals surface area contributed by atoms with E-state index in [4.69, 9.17) is 5.14 Å². The fourth-order valence-corrected chi connectivity index (χ4v) is 4.20. The Bertz CT molecular complexity index is 1150. The third kappa shape index (κ3) is 4.48. The molecule has 2 aromatic heterocycles. The van der Waals surface area contributed by atoms with Gasteiger partial charge in [-0.25, -0.2) is 10.1 Å². The van der Waals surface area contributed by atoms with Crippen molar-refractivity contribution in [3.8, 4) is 11.3 Å². The summed E-state index contributed by atoms with van der Waals surface area (Å²) in [4.78, 5) is 4.32. The van der Waals surface area contributed by atoms with Crippen molar-refractivity contribution in [1.29, 1.82) is 0 Å². The van der Waals surface area contributed by atoms with E-state index < -0.39 is 34.5 Å². The first-order valence-electron chi connectivity index (χ1n) is 9.12. The van der Waals surface area contributed by atoms with Gasteiger partial charge in [-0.15, -0.1) is 0 Å². The zero-order valence-electron chi connectivity index (χ0n) is 15.6. The maximum absolute atomic E-state index is 11.0. The van der Waals surface area contributed by atoms with Crippen LogP contribution in [0.2, 0.25) is 0 Å². The highest BCUT2D eigenvalue weighted by Gasteiger charge is 2.42. The van der Waals surface area contributed by atoms with Crippen molar-refractivity contribution in [3.05, 3.63) is 47.1 Å². The number of nitrogens with two attached hydrogens (primary N) is 1. The first kappa shape index (κ1) is 21.2. The molecule has 160 valence electrons. The first-order valence-corrected chi connectivity index (χ1v) is 11.4. The van der Waals surface area contributed by atoms with E-state index in [1.54, 1.807) is 16.8 Å². The number of fused-ring (bicyclic) bond motifs is 1. The van der Waals surface area contributed by atoms with Crippen molar-refractivity contribution in [2.45, 2.75) is 24.7 Å².